The minimum absolute atomic E-state index is 0.0236. The van der Waals surface area contributed by atoms with Crippen LogP contribution >= 0.6 is 0 Å². The highest BCUT2D eigenvalue weighted by atomic mass is 16.4. The Labute approximate surface area is 118 Å². The van der Waals surface area contributed by atoms with Crippen LogP contribution in [0, 0.1) is 11.8 Å². The van der Waals surface area contributed by atoms with E-state index in [2.05, 4.69) is 5.32 Å². The predicted molar refractivity (Wildman–Crippen MR) is 71.9 cm³/mol. The summed E-state index contributed by atoms with van der Waals surface area (Å²) in [4.78, 5) is 36.7. The zero-order valence-corrected chi connectivity index (χ0v) is 11.8. The molecule has 0 spiro atoms. The average molecular weight is 282 g/mol. The summed E-state index contributed by atoms with van der Waals surface area (Å²) in [5.41, 5.74) is 0. The molecule has 1 aliphatic carbocycles. The summed E-state index contributed by atoms with van der Waals surface area (Å²) in [5.74, 6) is -0.835. The standard InChI is InChI=1S/C14H22N2O4/c1-2-11-13(19)15-4-3-5-16(11)14(20)10-6-9(7-10)8-12(17)18/h9-11H,2-8H2,1H3,(H,15,19)(H,17,18). The van der Waals surface area contributed by atoms with Crippen molar-refractivity contribution in [1.29, 1.82) is 0 Å². The lowest BCUT2D eigenvalue weighted by Gasteiger charge is -2.38. The van der Waals surface area contributed by atoms with Gasteiger partial charge in [0.1, 0.15) is 6.04 Å². The van der Waals surface area contributed by atoms with Gasteiger partial charge in [0.2, 0.25) is 11.8 Å². The number of carboxylic acids is 1. The molecule has 0 radical (unpaired) electrons. The number of rotatable bonds is 4. The number of carboxylic acid groups (broad SMARTS) is 1. The highest BCUT2D eigenvalue weighted by molar-refractivity contribution is 5.89. The molecular formula is C14H22N2O4. The molecule has 0 aromatic rings. The average Bonchev–Trinajstić information content (AvgIpc) is 2.53. The Morgan fingerprint density at radius 2 is 2.10 bits per heavy atom. The minimum Gasteiger partial charge on any atom is -0.481 e. The normalized spacial score (nSPS) is 30.1. The van der Waals surface area contributed by atoms with Gasteiger partial charge in [0.15, 0.2) is 0 Å². The summed E-state index contributed by atoms with van der Waals surface area (Å²) in [6.07, 6.45) is 2.81. The summed E-state index contributed by atoms with van der Waals surface area (Å²) in [6, 6.07) is -0.372. The van der Waals surface area contributed by atoms with Crippen molar-refractivity contribution in [2.45, 2.75) is 45.1 Å². The number of nitrogens with one attached hydrogen (secondary N) is 1. The molecule has 1 unspecified atom stereocenters. The molecule has 2 amide bonds. The molecule has 1 atom stereocenters. The van der Waals surface area contributed by atoms with E-state index in [-0.39, 0.29) is 36.1 Å². The molecule has 2 N–H and O–H groups in total. The minimum atomic E-state index is -0.804. The number of hydrogen-bond acceptors (Lipinski definition) is 3. The molecule has 1 saturated carbocycles. The van der Waals surface area contributed by atoms with Crippen LogP contribution in [-0.4, -0.2) is 46.9 Å². The second kappa shape index (κ2) is 6.24. The van der Waals surface area contributed by atoms with Gasteiger partial charge in [-0.25, -0.2) is 0 Å². The predicted octanol–water partition coefficient (Wildman–Crippen LogP) is 0.614. The van der Waals surface area contributed by atoms with Crippen molar-refractivity contribution >= 4 is 17.8 Å². The highest BCUT2D eigenvalue weighted by Gasteiger charge is 2.40. The molecule has 1 heterocycles. The van der Waals surface area contributed by atoms with Gasteiger partial charge in [-0.3, -0.25) is 14.4 Å². The highest BCUT2D eigenvalue weighted by Crippen LogP contribution is 2.37. The van der Waals surface area contributed by atoms with E-state index in [1.165, 1.54) is 0 Å². The summed E-state index contributed by atoms with van der Waals surface area (Å²) in [5, 5.41) is 11.6. The Hall–Kier alpha value is -1.59. The van der Waals surface area contributed by atoms with E-state index >= 15 is 0 Å². The van der Waals surface area contributed by atoms with Gasteiger partial charge in [-0.2, -0.15) is 0 Å². The Balaban J connectivity index is 1.94. The van der Waals surface area contributed by atoms with Crippen LogP contribution in [0.15, 0.2) is 0 Å². The number of carbonyl (C=O) groups excluding carboxylic acids is 2. The number of carbonyl (C=O) groups is 3. The van der Waals surface area contributed by atoms with Crippen LogP contribution in [0.5, 0.6) is 0 Å². The second-order valence-corrected chi connectivity index (χ2v) is 5.73. The van der Waals surface area contributed by atoms with Crippen molar-refractivity contribution in [3.05, 3.63) is 0 Å². The van der Waals surface area contributed by atoms with E-state index in [0.717, 1.165) is 6.42 Å². The van der Waals surface area contributed by atoms with Gasteiger partial charge in [0.25, 0.3) is 0 Å². The Bertz CT molecular complexity index is 404. The fourth-order valence-corrected chi connectivity index (χ4v) is 3.13. The van der Waals surface area contributed by atoms with Crippen LogP contribution in [0.1, 0.15) is 39.0 Å². The third-order valence-electron chi connectivity index (χ3n) is 4.27. The van der Waals surface area contributed by atoms with Gasteiger partial charge in [-0.15, -0.1) is 0 Å². The SMILES string of the molecule is CCC1C(=O)NCCCN1C(=O)C1CC(CC(=O)O)C1. The third-order valence-corrected chi connectivity index (χ3v) is 4.27. The van der Waals surface area contributed by atoms with Gasteiger partial charge >= 0.3 is 5.97 Å². The fourth-order valence-electron chi connectivity index (χ4n) is 3.13. The lowest BCUT2D eigenvalue weighted by Crippen LogP contribution is -2.51. The van der Waals surface area contributed by atoms with Gasteiger partial charge in [-0.05, 0) is 31.6 Å². The molecule has 112 valence electrons. The van der Waals surface area contributed by atoms with Crippen LogP contribution in [-0.2, 0) is 14.4 Å². The fraction of sp³-hybridized carbons (Fsp3) is 0.786. The quantitative estimate of drug-likeness (QED) is 0.791. The van der Waals surface area contributed by atoms with Crippen molar-refractivity contribution < 1.29 is 19.5 Å². The first-order valence-corrected chi connectivity index (χ1v) is 7.33. The van der Waals surface area contributed by atoms with Crippen LogP contribution in [0.2, 0.25) is 0 Å². The maximum atomic E-state index is 12.5. The lowest BCUT2D eigenvalue weighted by molar-refractivity contribution is -0.148. The molecule has 2 fully saturated rings. The lowest BCUT2D eigenvalue weighted by atomic mass is 9.72. The largest absolute Gasteiger partial charge is 0.481 e. The number of nitrogens with zero attached hydrogens (tertiary/aromatic N) is 1. The molecule has 0 bridgehead atoms. The number of hydrogen-bond donors (Lipinski definition) is 2. The third kappa shape index (κ3) is 3.11. The topological polar surface area (TPSA) is 86.7 Å². The first-order chi connectivity index (χ1) is 9.52. The Morgan fingerprint density at radius 3 is 2.70 bits per heavy atom. The number of aliphatic carboxylic acids is 1. The maximum absolute atomic E-state index is 12.5. The van der Waals surface area contributed by atoms with Crippen LogP contribution < -0.4 is 5.32 Å². The Morgan fingerprint density at radius 1 is 1.40 bits per heavy atom. The molecule has 0 aromatic carbocycles. The van der Waals surface area contributed by atoms with E-state index in [9.17, 15) is 14.4 Å². The maximum Gasteiger partial charge on any atom is 0.303 e. The number of amides is 2. The molecule has 0 aromatic heterocycles. The zero-order chi connectivity index (χ0) is 14.7. The summed E-state index contributed by atoms with van der Waals surface area (Å²) >= 11 is 0. The molecule has 1 saturated heterocycles. The van der Waals surface area contributed by atoms with Crippen molar-refractivity contribution in [2.75, 3.05) is 13.1 Å². The van der Waals surface area contributed by atoms with Gasteiger partial charge in [-0.1, -0.05) is 6.92 Å². The zero-order valence-electron chi connectivity index (χ0n) is 11.8. The first kappa shape index (κ1) is 14.8. The van der Waals surface area contributed by atoms with Crippen molar-refractivity contribution in [3.8, 4) is 0 Å². The summed E-state index contributed by atoms with van der Waals surface area (Å²) in [6.45, 7) is 3.13. The van der Waals surface area contributed by atoms with Crippen LogP contribution in [0.3, 0.4) is 0 Å². The molecular weight excluding hydrogens is 260 g/mol. The molecule has 6 nitrogen and oxygen atoms in total. The van der Waals surface area contributed by atoms with E-state index in [1.807, 2.05) is 6.92 Å². The monoisotopic (exact) mass is 282 g/mol. The smallest absolute Gasteiger partial charge is 0.303 e. The molecule has 2 aliphatic rings. The van der Waals surface area contributed by atoms with E-state index in [1.54, 1.807) is 4.90 Å². The molecule has 2 rings (SSSR count). The van der Waals surface area contributed by atoms with E-state index in [4.69, 9.17) is 5.11 Å². The Kier molecular flexibility index (Phi) is 4.62. The first-order valence-electron chi connectivity index (χ1n) is 7.33. The van der Waals surface area contributed by atoms with Crippen molar-refractivity contribution in [2.24, 2.45) is 11.8 Å². The summed E-state index contributed by atoms with van der Waals surface area (Å²) in [7, 11) is 0. The van der Waals surface area contributed by atoms with Crippen LogP contribution in [0.4, 0.5) is 0 Å². The molecule has 6 heteroatoms. The van der Waals surface area contributed by atoms with Crippen LogP contribution in [0.25, 0.3) is 0 Å². The van der Waals surface area contributed by atoms with Gasteiger partial charge < -0.3 is 15.3 Å². The van der Waals surface area contributed by atoms with E-state index < -0.39 is 5.97 Å². The molecule has 20 heavy (non-hydrogen) atoms. The molecule has 1 aliphatic heterocycles. The van der Waals surface area contributed by atoms with Gasteiger partial charge in [0, 0.05) is 25.4 Å². The second-order valence-electron chi connectivity index (χ2n) is 5.73. The van der Waals surface area contributed by atoms with E-state index in [0.29, 0.717) is 32.4 Å². The van der Waals surface area contributed by atoms with Crippen molar-refractivity contribution in [1.82, 2.24) is 10.2 Å². The van der Waals surface area contributed by atoms with Crippen molar-refractivity contribution in [3.63, 3.8) is 0 Å². The summed E-state index contributed by atoms with van der Waals surface area (Å²) < 4.78 is 0. The van der Waals surface area contributed by atoms with Gasteiger partial charge in [0.05, 0.1) is 0 Å².